The monoisotopic (exact) mass is 292 g/mol. The summed E-state index contributed by atoms with van der Waals surface area (Å²) in [5.41, 5.74) is 0. The first-order chi connectivity index (χ1) is 10.2. The summed E-state index contributed by atoms with van der Waals surface area (Å²) in [7, 11) is 0. The number of aromatic amines is 1. The minimum absolute atomic E-state index is 0.106. The molecule has 1 N–H and O–H groups in total. The summed E-state index contributed by atoms with van der Waals surface area (Å²) in [5, 5.41) is 11.0. The summed E-state index contributed by atoms with van der Waals surface area (Å²) in [6, 6.07) is 0. The van der Waals surface area contributed by atoms with Gasteiger partial charge >= 0.3 is 0 Å². The summed E-state index contributed by atoms with van der Waals surface area (Å²) in [5.74, 6) is 2.94. The second kappa shape index (κ2) is 6.31. The smallest absolute Gasteiger partial charge is 0.226 e. The molecule has 1 aliphatic rings. The van der Waals surface area contributed by atoms with Crippen molar-refractivity contribution in [1.82, 2.24) is 30.2 Å². The van der Waals surface area contributed by atoms with E-state index in [1.54, 1.807) is 0 Å². The van der Waals surface area contributed by atoms with E-state index >= 15 is 0 Å². The fraction of sp³-hybridized carbons (Fsp3) is 0.692. The lowest BCUT2D eigenvalue weighted by molar-refractivity contribution is -0.0379. The molecule has 3 rings (SSSR count). The van der Waals surface area contributed by atoms with Crippen molar-refractivity contribution in [2.24, 2.45) is 0 Å². The molecule has 0 aliphatic carbocycles. The third-order valence-corrected chi connectivity index (χ3v) is 3.39. The number of H-pyrrole nitrogens is 1. The maximum absolute atomic E-state index is 5.74. The maximum atomic E-state index is 5.74. The summed E-state index contributed by atoms with van der Waals surface area (Å²) >= 11 is 0. The lowest BCUT2D eigenvalue weighted by Crippen LogP contribution is -2.38. The largest absolute Gasteiger partial charge is 0.367 e. The molecule has 0 spiro atoms. The molecule has 114 valence electrons. The first-order valence-electron chi connectivity index (χ1n) is 7.29. The Kier molecular flexibility index (Phi) is 4.26. The first kappa shape index (κ1) is 14.2. The van der Waals surface area contributed by atoms with Crippen LogP contribution in [0.2, 0.25) is 0 Å². The van der Waals surface area contributed by atoms with Gasteiger partial charge in [0.25, 0.3) is 0 Å². The van der Waals surface area contributed by atoms with Crippen molar-refractivity contribution < 1.29 is 9.26 Å². The van der Waals surface area contributed by atoms with E-state index in [0.717, 1.165) is 37.6 Å². The van der Waals surface area contributed by atoms with Gasteiger partial charge in [-0.15, -0.1) is 0 Å². The molecule has 0 amide bonds. The molecule has 1 fully saturated rings. The van der Waals surface area contributed by atoms with Crippen LogP contribution in [0.4, 0.5) is 0 Å². The predicted molar refractivity (Wildman–Crippen MR) is 73.4 cm³/mol. The normalized spacial score (nSPS) is 20.0. The summed E-state index contributed by atoms with van der Waals surface area (Å²) in [4.78, 5) is 11.0. The number of nitrogens with zero attached hydrogens (tertiary/aromatic N) is 5. The van der Waals surface area contributed by atoms with Crippen LogP contribution in [0, 0.1) is 6.92 Å². The van der Waals surface area contributed by atoms with Crippen molar-refractivity contribution >= 4 is 0 Å². The lowest BCUT2D eigenvalue weighted by Gasteiger charge is -2.30. The second-order valence-electron chi connectivity index (χ2n) is 5.23. The highest BCUT2D eigenvalue weighted by Gasteiger charge is 2.26. The van der Waals surface area contributed by atoms with Gasteiger partial charge < -0.3 is 9.26 Å². The highest BCUT2D eigenvalue weighted by molar-refractivity contribution is 4.96. The zero-order valence-electron chi connectivity index (χ0n) is 12.4. The Labute approximate surface area is 122 Å². The van der Waals surface area contributed by atoms with Crippen LogP contribution in [0.3, 0.4) is 0 Å². The third-order valence-electron chi connectivity index (χ3n) is 3.39. The number of hydrogen-bond acceptors (Lipinski definition) is 7. The van der Waals surface area contributed by atoms with Gasteiger partial charge in [-0.1, -0.05) is 12.1 Å². The highest BCUT2D eigenvalue weighted by Crippen LogP contribution is 2.20. The van der Waals surface area contributed by atoms with Crippen LogP contribution in [0.5, 0.6) is 0 Å². The quantitative estimate of drug-likeness (QED) is 0.879. The Morgan fingerprint density at radius 2 is 2.29 bits per heavy atom. The van der Waals surface area contributed by atoms with E-state index in [4.69, 9.17) is 9.26 Å². The number of morpholine rings is 1. The fourth-order valence-electron chi connectivity index (χ4n) is 2.38. The van der Waals surface area contributed by atoms with E-state index < -0.39 is 0 Å². The first-order valence-corrected chi connectivity index (χ1v) is 7.29. The van der Waals surface area contributed by atoms with Gasteiger partial charge in [-0.25, -0.2) is 4.98 Å². The van der Waals surface area contributed by atoms with Crippen LogP contribution in [0.15, 0.2) is 4.52 Å². The molecule has 0 unspecified atom stereocenters. The minimum atomic E-state index is -0.106. The Morgan fingerprint density at radius 1 is 1.38 bits per heavy atom. The molecular weight excluding hydrogens is 272 g/mol. The predicted octanol–water partition coefficient (Wildman–Crippen LogP) is 1.02. The van der Waals surface area contributed by atoms with Crippen molar-refractivity contribution in [3.8, 4) is 0 Å². The molecular formula is C13H20N6O2. The van der Waals surface area contributed by atoms with Crippen LogP contribution in [-0.2, 0) is 17.7 Å². The molecule has 1 aliphatic heterocycles. The van der Waals surface area contributed by atoms with Crippen molar-refractivity contribution in [3.05, 3.63) is 23.4 Å². The van der Waals surface area contributed by atoms with Crippen molar-refractivity contribution in [3.63, 3.8) is 0 Å². The number of rotatable bonds is 5. The van der Waals surface area contributed by atoms with Gasteiger partial charge in [0.2, 0.25) is 5.89 Å². The molecule has 1 atom stereocenters. The zero-order valence-corrected chi connectivity index (χ0v) is 12.4. The van der Waals surface area contributed by atoms with Gasteiger partial charge in [-0.05, 0) is 13.3 Å². The average Bonchev–Trinajstić information content (AvgIpc) is 3.09. The van der Waals surface area contributed by atoms with Crippen LogP contribution >= 0.6 is 0 Å². The molecule has 0 aromatic carbocycles. The van der Waals surface area contributed by atoms with Crippen LogP contribution in [0.1, 0.15) is 42.8 Å². The Bertz CT molecular complexity index is 581. The number of ether oxygens (including phenoxy) is 1. The van der Waals surface area contributed by atoms with Crippen LogP contribution in [-0.4, -0.2) is 49.9 Å². The summed E-state index contributed by atoms with van der Waals surface area (Å²) in [6.45, 7) is 6.86. The summed E-state index contributed by atoms with van der Waals surface area (Å²) in [6.07, 6.45) is 1.73. The van der Waals surface area contributed by atoms with Crippen molar-refractivity contribution in [2.75, 3.05) is 19.7 Å². The third kappa shape index (κ3) is 3.45. The fourth-order valence-corrected chi connectivity index (χ4v) is 2.38. The van der Waals surface area contributed by atoms with E-state index in [0.29, 0.717) is 24.9 Å². The molecule has 2 aromatic heterocycles. The van der Waals surface area contributed by atoms with Gasteiger partial charge in [0.05, 0.1) is 13.2 Å². The molecule has 21 heavy (non-hydrogen) atoms. The van der Waals surface area contributed by atoms with Crippen LogP contribution in [0.25, 0.3) is 0 Å². The van der Waals surface area contributed by atoms with Gasteiger partial charge in [-0.3, -0.25) is 10.00 Å². The standard InChI is InChI=1S/C13H20N6O2/c1-3-4-12-15-11(18-21-12)8-19-5-6-20-10(7-19)13-14-9(2)16-17-13/h10H,3-8H2,1-2H3,(H,14,16,17)/t10-/m1/s1. The number of hydrogen-bond donors (Lipinski definition) is 1. The molecule has 8 heteroatoms. The molecule has 8 nitrogen and oxygen atoms in total. The molecule has 0 radical (unpaired) electrons. The van der Waals surface area contributed by atoms with E-state index in [2.05, 4.69) is 37.1 Å². The second-order valence-corrected chi connectivity index (χ2v) is 5.23. The minimum Gasteiger partial charge on any atom is -0.367 e. The Balaban J connectivity index is 1.60. The molecule has 2 aromatic rings. The van der Waals surface area contributed by atoms with E-state index in [1.165, 1.54) is 0 Å². The van der Waals surface area contributed by atoms with E-state index in [1.807, 2.05) is 6.92 Å². The molecule has 3 heterocycles. The van der Waals surface area contributed by atoms with Gasteiger partial charge in [0.1, 0.15) is 11.9 Å². The molecule has 1 saturated heterocycles. The average molecular weight is 292 g/mol. The van der Waals surface area contributed by atoms with Crippen molar-refractivity contribution in [1.29, 1.82) is 0 Å². The lowest BCUT2D eigenvalue weighted by atomic mass is 10.2. The van der Waals surface area contributed by atoms with Gasteiger partial charge in [0, 0.05) is 19.5 Å². The van der Waals surface area contributed by atoms with Crippen molar-refractivity contribution in [2.45, 2.75) is 39.3 Å². The van der Waals surface area contributed by atoms with Gasteiger partial charge in [0.15, 0.2) is 11.6 Å². The Hall–Kier alpha value is -1.80. The Morgan fingerprint density at radius 3 is 3.05 bits per heavy atom. The molecule has 0 bridgehead atoms. The van der Waals surface area contributed by atoms with Gasteiger partial charge in [-0.2, -0.15) is 10.1 Å². The number of aryl methyl sites for hydroxylation is 2. The van der Waals surface area contributed by atoms with Crippen LogP contribution < -0.4 is 0 Å². The zero-order chi connectivity index (χ0) is 14.7. The SMILES string of the molecule is CCCc1nc(CN2CCO[C@@H](c3n[nH]c(C)n3)C2)no1. The topological polar surface area (TPSA) is 93.0 Å². The maximum Gasteiger partial charge on any atom is 0.226 e. The highest BCUT2D eigenvalue weighted by atomic mass is 16.5. The summed E-state index contributed by atoms with van der Waals surface area (Å²) < 4.78 is 11.0. The number of aromatic nitrogens is 5. The van der Waals surface area contributed by atoms with E-state index in [-0.39, 0.29) is 6.10 Å². The molecule has 0 saturated carbocycles. The van der Waals surface area contributed by atoms with E-state index in [9.17, 15) is 0 Å². The number of nitrogens with one attached hydrogen (secondary N) is 1.